The minimum atomic E-state index is -4.67. The van der Waals surface area contributed by atoms with Crippen LogP contribution < -0.4 is 0 Å². The van der Waals surface area contributed by atoms with Gasteiger partial charge in [-0.2, -0.15) is 23.4 Å². The highest BCUT2D eigenvalue weighted by Gasteiger charge is 2.39. The molecular formula is C16H21ClF3N5O. The first kappa shape index (κ1) is 20.3. The van der Waals surface area contributed by atoms with Crippen molar-refractivity contribution in [1.29, 1.82) is 0 Å². The number of aryl methyl sites for hydroxylation is 2. The summed E-state index contributed by atoms with van der Waals surface area (Å²) >= 11 is 5.76. The number of nitrogens with zero attached hydrogens (tertiary/aromatic N) is 5. The fourth-order valence-electron chi connectivity index (χ4n) is 2.84. The minimum absolute atomic E-state index is 0.0991. The molecule has 0 aliphatic carbocycles. The van der Waals surface area contributed by atoms with Gasteiger partial charge in [-0.3, -0.25) is 14.2 Å². The fraction of sp³-hybridized carbons (Fsp3) is 0.562. The Hall–Kier alpha value is -2.03. The monoisotopic (exact) mass is 391 g/mol. The first-order chi connectivity index (χ1) is 11.9. The average molecular weight is 392 g/mol. The van der Waals surface area contributed by atoms with Crippen molar-refractivity contribution >= 4 is 17.5 Å². The number of aromatic nitrogens is 4. The molecule has 2 rings (SSSR count). The smallest absolute Gasteiger partial charge is 0.339 e. The molecule has 0 unspecified atom stereocenters. The molecule has 0 radical (unpaired) electrons. The molecule has 6 nitrogen and oxygen atoms in total. The summed E-state index contributed by atoms with van der Waals surface area (Å²) < 4.78 is 41.7. The molecule has 10 heteroatoms. The lowest BCUT2D eigenvalue weighted by molar-refractivity contribution is -0.142. The molecule has 2 aromatic heterocycles. The normalized spacial score (nSPS) is 13.2. The second kappa shape index (κ2) is 6.94. The number of amides is 1. The van der Waals surface area contributed by atoms with Gasteiger partial charge < -0.3 is 4.90 Å². The Bertz CT molecular complexity index is 840. The molecule has 0 bridgehead atoms. The van der Waals surface area contributed by atoms with Crippen molar-refractivity contribution in [2.75, 3.05) is 7.05 Å². The van der Waals surface area contributed by atoms with Crippen molar-refractivity contribution in [2.45, 2.75) is 46.5 Å². The molecule has 2 aromatic rings. The summed E-state index contributed by atoms with van der Waals surface area (Å²) in [6.07, 6.45) is -4.67. The molecule has 0 aromatic carbocycles. The van der Waals surface area contributed by atoms with Crippen LogP contribution in [0.5, 0.6) is 0 Å². The predicted octanol–water partition coefficient (Wildman–Crippen LogP) is 3.43. The maximum atomic E-state index is 13.0. The van der Waals surface area contributed by atoms with E-state index in [0.717, 1.165) is 21.6 Å². The second-order valence-electron chi connectivity index (χ2n) is 6.33. The van der Waals surface area contributed by atoms with E-state index in [2.05, 4.69) is 10.2 Å². The first-order valence-electron chi connectivity index (χ1n) is 7.92. The zero-order valence-corrected chi connectivity index (χ0v) is 16.2. The van der Waals surface area contributed by atoms with E-state index < -0.39 is 22.9 Å². The van der Waals surface area contributed by atoms with Gasteiger partial charge >= 0.3 is 6.18 Å². The van der Waals surface area contributed by atoms with E-state index in [1.54, 1.807) is 11.7 Å². The number of likely N-dealkylation sites (N-methyl/N-ethyl adjacent to an activating group) is 1. The molecule has 0 saturated heterocycles. The summed E-state index contributed by atoms with van der Waals surface area (Å²) in [5.74, 6) is -0.372. The van der Waals surface area contributed by atoms with Crippen LogP contribution in [0.25, 0.3) is 0 Å². The maximum Gasteiger partial charge on any atom is 0.436 e. The Balaban J connectivity index is 2.27. The first-order valence-corrected chi connectivity index (χ1v) is 8.29. The Morgan fingerprint density at radius 2 is 1.81 bits per heavy atom. The van der Waals surface area contributed by atoms with E-state index in [-0.39, 0.29) is 11.6 Å². The SMILES string of the molecule is Cc1nn(C)c(C)c1CN(C)C(=O)[C@H](C)n1nc(C(F)(F)F)c(Cl)c1C. The van der Waals surface area contributed by atoms with Crippen LogP contribution in [0.1, 0.15) is 41.3 Å². The van der Waals surface area contributed by atoms with Crippen LogP contribution in [-0.4, -0.2) is 37.4 Å². The average Bonchev–Trinajstić information content (AvgIpc) is 2.97. The van der Waals surface area contributed by atoms with E-state index in [1.165, 1.54) is 18.7 Å². The molecule has 1 amide bonds. The van der Waals surface area contributed by atoms with Crippen molar-refractivity contribution in [3.05, 3.63) is 33.4 Å². The highest BCUT2D eigenvalue weighted by atomic mass is 35.5. The van der Waals surface area contributed by atoms with Gasteiger partial charge in [-0.05, 0) is 27.7 Å². The Kier molecular flexibility index (Phi) is 5.41. The Morgan fingerprint density at radius 1 is 1.23 bits per heavy atom. The van der Waals surface area contributed by atoms with E-state index in [4.69, 9.17) is 11.6 Å². The van der Waals surface area contributed by atoms with Crippen molar-refractivity contribution in [2.24, 2.45) is 7.05 Å². The molecule has 0 spiro atoms. The van der Waals surface area contributed by atoms with Crippen LogP contribution in [0.3, 0.4) is 0 Å². The van der Waals surface area contributed by atoms with Crippen molar-refractivity contribution in [1.82, 2.24) is 24.5 Å². The molecule has 0 aliphatic heterocycles. The fourth-order valence-corrected chi connectivity index (χ4v) is 3.07. The molecule has 1 atom stereocenters. The lowest BCUT2D eigenvalue weighted by Crippen LogP contribution is -2.34. The Labute approximate surface area is 154 Å². The standard InChI is InChI=1S/C16H21ClF3N5O/c1-8-12(9(2)24(6)21-8)7-23(5)15(26)11(4)25-10(3)13(17)14(22-25)16(18,19)20/h11H,7H2,1-6H3/t11-/m0/s1. The molecule has 0 saturated carbocycles. The number of hydrogen-bond acceptors (Lipinski definition) is 3. The van der Waals surface area contributed by atoms with Gasteiger partial charge in [0.25, 0.3) is 0 Å². The van der Waals surface area contributed by atoms with Crippen LogP contribution in [0.2, 0.25) is 5.02 Å². The van der Waals surface area contributed by atoms with Gasteiger partial charge in [0.2, 0.25) is 5.91 Å². The Morgan fingerprint density at radius 3 is 2.23 bits per heavy atom. The summed E-state index contributed by atoms with van der Waals surface area (Å²) in [7, 11) is 3.40. The number of hydrogen-bond donors (Lipinski definition) is 0. The summed E-state index contributed by atoms with van der Waals surface area (Å²) in [4.78, 5) is 14.2. The number of rotatable bonds is 4. The third kappa shape index (κ3) is 3.58. The van der Waals surface area contributed by atoms with E-state index in [0.29, 0.717) is 6.54 Å². The lowest BCUT2D eigenvalue weighted by atomic mass is 10.1. The van der Waals surface area contributed by atoms with Crippen LogP contribution in [0, 0.1) is 20.8 Å². The van der Waals surface area contributed by atoms with Crippen molar-refractivity contribution in [3.8, 4) is 0 Å². The zero-order valence-electron chi connectivity index (χ0n) is 15.4. The van der Waals surface area contributed by atoms with E-state index in [9.17, 15) is 18.0 Å². The second-order valence-corrected chi connectivity index (χ2v) is 6.71. The molecular weight excluding hydrogens is 371 g/mol. The number of carbonyl (C=O) groups excluding carboxylic acids is 1. The van der Waals surface area contributed by atoms with Gasteiger partial charge in [-0.25, -0.2) is 0 Å². The molecule has 144 valence electrons. The highest BCUT2D eigenvalue weighted by molar-refractivity contribution is 6.32. The summed E-state index contributed by atoms with van der Waals surface area (Å²) in [6, 6.07) is -0.925. The quantitative estimate of drug-likeness (QED) is 0.802. The van der Waals surface area contributed by atoms with Crippen molar-refractivity contribution in [3.63, 3.8) is 0 Å². The van der Waals surface area contributed by atoms with Gasteiger partial charge in [0.15, 0.2) is 5.69 Å². The van der Waals surface area contributed by atoms with Crippen LogP contribution in [0.4, 0.5) is 13.2 Å². The van der Waals surface area contributed by atoms with Gasteiger partial charge in [-0.1, -0.05) is 11.6 Å². The lowest BCUT2D eigenvalue weighted by Gasteiger charge is -2.22. The minimum Gasteiger partial charge on any atom is -0.339 e. The third-order valence-corrected chi connectivity index (χ3v) is 4.95. The molecule has 2 heterocycles. The van der Waals surface area contributed by atoms with Gasteiger partial charge in [0.1, 0.15) is 6.04 Å². The van der Waals surface area contributed by atoms with Gasteiger partial charge in [-0.15, -0.1) is 0 Å². The number of carbonyl (C=O) groups is 1. The molecule has 0 N–H and O–H groups in total. The van der Waals surface area contributed by atoms with Crippen LogP contribution in [-0.2, 0) is 24.6 Å². The van der Waals surface area contributed by atoms with Crippen molar-refractivity contribution < 1.29 is 18.0 Å². The zero-order chi connectivity index (χ0) is 20.0. The third-order valence-electron chi connectivity index (χ3n) is 4.50. The van der Waals surface area contributed by atoms with E-state index >= 15 is 0 Å². The number of alkyl halides is 3. The summed E-state index contributed by atoms with van der Waals surface area (Å²) in [6.45, 7) is 6.94. The van der Waals surface area contributed by atoms with Crippen LogP contribution in [0.15, 0.2) is 0 Å². The summed E-state index contributed by atoms with van der Waals surface area (Å²) in [5, 5.41) is 7.34. The van der Waals surface area contributed by atoms with E-state index in [1.807, 2.05) is 20.9 Å². The van der Waals surface area contributed by atoms with Crippen LogP contribution >= 0.6 is 11.6 Å². The summed E-state index contributed by atoms with van der Waals surface area (Å²) in [5.41, 5.74) is 1.55. The number of halogens is 4. The predicted molar refractivity (Wildman–Crippen MR) is 90.8 cm³/mol. The topological polar surface area (TPSA) is 56.0 Å². The largest absolute Gasteiger partial charge is 0.436 e. The highest BCUT2D eigenvalue weighted by Crippen LogP contribution is 2.36. The molecule has 0 fully saturated rings. The van der Waals surface area contributed by atoms with Gasteiger partial charge in [0.05, 0.1) is 16.4 Å². The molecule has 0 aliphatic rings. The maximum absolute atomic E-state index is 13.0. The van der Waals surface area contributed by atoms with Gasteiger partial charge in [0, 0.05) is 31.9 Å². The molecule has 26 heavy (non-hydrogen) atoms.